The molecule has 0 bridgehead atoms. The van der Waals surface area contributed by atoms with Crippen molar-refractivity contribution in [1.29, 1.82) is 0 Å². The zero-order chi connectivity index (χ0) is 14.4. The average molecular weight is 269 g/mol. The van der Waals surface area contributed by atoms with Crippen LogP contribution in [0.1, 0.15) is 11.1 Å². The van der Waals surface area contributed by atoms with E-state index in [9.17, 15) is 10.0 Å². The molecular formula is C17H19NO2. The smallest absolute Gasteiger partial charge is 0.249 e. The van der Waals surface area contributed by atoms with Gasteiger partial charge in [0.25, 0.3) is 0 Å². The van der Waals surface area contributed by atoms with E-state index in [0.717, 1.165) is 11.1 Å². The summed E-state index contributed by atoms with van der Waals surface area (Å²) >= 11 is 0. The zero-order valence-electron chi connectivity index (χ0n) is 11.6. The number of hydroxylamine groups is 2. The summed E-state index contributed by atoms with van der Waals surface area (Å²) in [6, 6.07) is 19.8. The number of nitrogens with zero attached hydrogens (tertiary/aromatic N) is 1. The van der Waals surface area contributed by atoms with Crippen molar-refractivity contribution in [3.05, 3.63) is 71.8 Å². The first kappa shape index (κ1) is 14.3. The standard InChI is InChI=1S/C17H19NO2/c1-18(20)17(19)16(12-14-8-4-2-5-9-14)13-15-10-6-3-7-11-15/h2-11,16,20H,12-13H2,1H3. The van der Waals surface area contributed by atoms with E-state index in [1.807, 2.05) is 60.7 Å². The fraction of sp³-hybridized carbons (Fsp3) is 0.235. The predicted molar refractivity (Wildman–Crippen MR) is 78.3 cm³/mol. The van der Waals surface area contributed by atoms with Crippen molar-refractivity contribution in [2.24, 2.45) is 5.92 Å². The van der Waals surface area contributed by atoms with Crippen molar-refractivity contribution < 1.29 is 10.0 Å². The van der Waals surface area contributed by atoms with E-state index < -0.39 is 0 Å². The van der Waals surface area contributed by atoms with Gasteiger partial charge >= 0.3 is 0 Å². The molecule has 0 spiro atoms. The van der Waals surface area contributed by atoms with E-state index in [0.29, 0.717) is 17.9 Å². The third kappa shape index (κ3) is 3.93. The van der Waals surface area contributed by atoms with Crippen LogP contribution in [0, 0.1) is 5.92 Å². The van der Waals surface area contributed by atoms with E-state index in [-0.39, 0.29) is 11.8 Å². The molecule has 2 aromatic rings. The number of hydrogen-bond acceptors (Lipinski definition) is 2. The first-order valence-electron chi connectivity index (χ1n) is 6.71. The lowest BCUT2D eigenvalue weighted by Crippen LogP contribution is -2.32. The lowest BCUT2D eigenvalue weighted by molar-refractivity contribution is -0.164. The number of benzene rings is 2. The third-order valence-corrected chi connectivity index (χ3v) is 3.32. The minimum absolute atomic E-state index is 0.252. The highest BCUT2D eigenvalue weighted by molar-refractivity contribution is 5.78. The molecule has 1 amide bonds. The van der Waals surface area contributed by atoms with Gasteiger partial charge in [0.15, 0.2) is 0 Å². The first-order valence-corrected chi connectivity index (χ1v) is 6.71. The average Bonchev–Trinajstić information content (AvgIpc) is 2.48. The first-order chi connectivity index (χ1) is 9.66. The van der Waals surface area contributed by atoms with Gasteiger partial charge in [-0.1, -0.05) is 60.7 Å². The Bertz CT molecular complexity index is 496. The monoisotopic (exact) mass is 269 g/mol. The van der Waals surface area contributed by atoms with Gasteiger partial charge in [-0.25, -0.2) is 5.06 Å². The maximum atomic E-state index is 12.1. The van der Waals surface area contributed by atoms with Crippen molar-refractivity contribution in [2.75, 3.05) is 7.05 Å². The minimum Gasteiger partial charge on any atom is -0.286 e. The van der Waals surface area contributed by atoms with Crippen LogP contribution in [0.5, 0.6) is 0 Å². The molecule has 0 fully saturated rings. The number of rotatable bonds is 5. The van der Waals surface area contributed by atoms with Gasteiger partial charge < -0.3 is 0 Å². The van der Waals surface area contributed by atoms with Gasteiger partial charge in [-0.3, -0.25) is 10.0 Å². The molecule has 104 valence electrons. The maximum absolute atomic E-state index is 12.1. The van der Waals surface area contributed by atoms with Gasteiger partial charge in [-0.15, -0.1) is 0 Å². The summed E-state index contributed by atoms with van der Waals surface area (Å²) in [5.41, 5.74) is 2.20. The van der Waals surface area contributed by atoms with Crippen LogP contribution in [0.15, 0.2) is 60.7 Å². The van der Waals surface area contributed by atoms with Crippen LogP contribution in [-0.4, -0.2) is 23.2 Å². The number of carbonyl (C=O) groups is 1. The molecule has 0 saturated carbocycles. The van der Waals surface area contributed by atoms with Crippen LogP contribution >= 0.6 is 0 Å². The molecule has 2 rings (SSSR count). The van der Waals surface area contributed by atoms with Crippen LogP contribution < -0.4 is 0 Å². The molecule has 0 aliphatic carbocycles. The quantitative estimate of drug-likeness (QED) is 0.669. The Morgan fingerprint density at radius 3 is 1.70 bits per heavy atom. The van der Waals surface area contributed by atoms with Gasteiger partial charge in [0.1, 0.15) is 0 Å². The van der Waals surface area contributed by atoms with E-state index in [1.165, 1.54) is 7.05 Å². The highest BCUT2D eigenvalue weighted by Gasteiger charge is 2.22. The Kier molecular flexibility index (Phi) is 4.91. The minimum atomic E-state index is -0.255. The van der Waals surface area contributed by atoms with Crippen LogP contribution in [-0.2, 0) is 17.6 Å². The van der Waals surface area contributed by atoms with Crippen molar-refractivity contribution >= 4 is 5.91 Å². The van der Waals surface area contributed by atoms with E-state index in [4.69, 9.17) is 0 Å². The molecule has 3 heteroatoms. The number of amides is 1. The summed E-state index contributed by atoms with van der Waals surface area (Å²) in [4.78, 5) is 12.1. The normalized spacial score (nSPS) is 10.6. The maximum Gasteiger partial charge on any atom is 0.249 e. The SMILES string of the molecule is CN(O)C(=O)C(Cc1ccccc1)Cc1ccccc1. The van der Waals surface area contributed by atoms with Gasteiger partial charge in [0.2, 0.25) is 5.91 Å². The Morgan fingerprint density at radius 2 is 1.35 bits per heavy atom. The molecule has 0 saturated heterocycles. The predicted octanol–water partition coefficient (Wildman–Crippen LogP) is 2.94. The van der Waals surface area contributed by atoms with E-state index in [2.05, 4.69) is 0 Å². The fourth-order valence-corrected chi connectivity index (χ4v) is 2.31. The van der Waals surface area contributed by atoms with Gasteiger partial charge in [0, 0.05) is 13.0 Å². The summed E-state index contributed by atoms with van der Waals surface area (Å²) in [5.74, 6) is -0.507. The fourth-order valence-electron chi connectivity index (χ4n) is 2.31. The second-order valence-corrected chi connectivity index (χ2v) is 4.94. The molecule has 0 aliphatic heterocycles. The third-order valence-electron chi connectivity index (χ3n) is 3.32. The molecule has 0 atom stereocenters. The second-order valence-electron chi connectivity index (χ2n) is 4.94. The van der Waals surface area contributed by atoms with Crippen LogP contribution in [0.4, 0.5) is 0 Å². The largest absolute Gasteiger partial charge is 0.286 e. The summed E-state index contributed by atoms with van der Waals surface area (Å²) in [7, 11) is 1.38. The molecule has 0 aliphatic rings. The Balaban J connectivity index is 2.15. The van der Waals surface area contributed by atoms with Crippen molar-refractivity contribution in [3.63, 3.8) is 0 Å². The summed E-state index contributed by atoms with van der Waals surface area (Å²) < 4.78 is 0. The van der Waals surface area contributed by atoms with Gasteiger partial charge in [-0.05, 0) is 24.0 Å². The molecular weight excluding hydrogens is 250 g/mol. The van der Waals surface area contributed by atoms with Crippen LogP contribution in [0.25, 0.3) is 0 Å². The topological polar surface area (TPSA) is 40.5 Å². The molecule has 2 aromatic carbocycles. The summed E-state index contributed by atoms with van der Waals surface area (Å²) in [6.45, 7) is 0. The molecule has 0 heterocycles. The van der Waals surface area contributed by atoms with Crippen molar-refractivity contribution in [2.45, 2.75) is 12.8 Å². The summed E-state index contributed by atoms with van der Waals surface area (Å²) in [5, 5.41) is 10.1. The summed E-state index contributed by atoms with van der Waals surface area (Å²) in [6.07, 6.45) is 1.25. The molecule has 1 N–H and O–H groups in total. The Labute approximate surface area is 119 Å². The molecule has 0 unspecified atom stereocenters. The van der Waals surface area contributed by atoms with Gasteiger partial charge in [-0.2, -0.15) is 0 Å². The van der Waals surface area contributed by atoms with E-state index in [1.54, 1.807) is 0 Å². The highest BCUT2D eigenvalue weighted by atomic mass is 16.5. The second kappa shape index (κ2) is 6.87. The van der Waals surface area contributed by atoms with Crippen LogP contribution in [0.2, 0.25) is 0 Å². The lowest BCUT2D eigenvalue weighted by Gasteiger charge is -2.19. The van der Waals surface area contributed by atoms with E-state index >= 15 is 0 Å². The Morgan fingerprint density at radius 1 is 0.950 bits per heavy atom. The zero-order valence-corrected chi connectivity index (χ0v) is 11.6. The molecule has 0 radical (unpaired) electrons. The molecule has 3 nitrogen and oxygen atoms in total. The molecule has 0 aromatic heterocycles. The highest BCUT2D eigenvalue weighted by Crippen LogP contribution is 2.16. The number of carbonyl (C=O) groups excluding carboxylic acids is 1. The molecule has 20 heavy (non-hydrogen) atoms. The van der Waals surface area contributed by atoms with Crippen molar-refractivity contribution in [3.8, 4) is 0 Å². The Hall–Kier alpha value is -2.13. The lowest BCUT2D eigenvalue weighted by atomic mass is 9.92. The van der Waals surface area contributed by atoms with Crippen LogP contribution in [0.3, 0.4) is 0 Å². The van der Waals surface area contributed by atoms with Crippen molar-refractivity contribution in [1.82, 2.24) is 5.06 Å². The van der Waals surface area contributed by atoms with Gasteiger partial charge in [0.05, 0.1) is 0 Å². The number of hydrogen-bond donors (Lipinski definition) is 1.